The molecule has 0 aromatic heterocycles. The predicted octanol–water partition coefficient (Wildman–Crippen LogP) is 3.39. The van der Waals surface area contributed by atoms with Crippen LogP contribution >= 0.6 is 11.6 Å². The predicted molar refractivity (Wildman–Crippen MR) is 84.5 cm³/mol. The second kappa shape index (κ2) is 7.66. The lowest BCUT2D eigenvalue weighted by atomic mass is 10.1. The van der Waals surface area contributed by atoms with Crippen molar-refractivity contribution in [1.29, 1.82) is 0 Å². The van der Waals surface area contributed by atoms with Crippen LogP contribution in [0.1, 0.15) is 25.8 Å². The molecule has 0 bridgehead atoms. The summed E-state index contributed by atoms with van der Waals surface area (Å²) in [5, 5.41) is 0.760. The zero-order chi connectivity index (χ0) is 15.2. The molecule has 1 amide bonds. The second-order valence-corrected chi connectivity index (χ2v) is 5.71. The summed E-state index contributed by atoms with van der Waals surface area (Å²) in [6.07, 6.45) is 0.808. The summed E-state index contributed by atoms with van der Waals surface area (Å²) in [6, 6.07) is 8.36. The highest BCUT2D eigenvalue weighted by Crippen LogP contribution is 2.19. The zero-order valence-electron chi connectivity index (χ0n) is 12.7. The van der Waals surface area contributed by atoms with E-state index in [4.69, 9.17) is 16.3 Å². The third kappa shape index (κ3) is 4.35. The molecule has 1 aromatic carbocycles. The van der Waals surface area contributed by atoms with Crippen LogP contribution in [0.5, 0.6) is 0 Å². The SMILES string of the molecule is CCOC(=O)N1CCC(N(CC)Cc2ccc(Cl)cc2)C1. The average Bonchev–Trinajstić information content (AvgIpc) is 2.97. The maximum Gasteiger partial charge on any atom is 0.409 e. The minimum absolute atomic E-state index is 0.192. The summed E-state index contributed by atoms with van der Waals surface area (Å²) in [7, 11) is 0. The van der Waals surface area contributed by atoms with Crippen molar-refractivity contribution in [2.24, 2.45) is 0 Å². The van der Waals surface area contributed by atoms with Crippen LogP contribution in [0.3, 0.4) is 0 Å². The number of likely N-dealkylation sites (tertiary alicyclic amines) is 1. The number of amides is 1. The summed E-state index contributed by atoms with van der Waals surface area (Å²) in [5.74, 6) is 0. The molecule has 1 aromatic rings. The highest BCUT2D eigenvalue weighted by molar-refractivity contribution is 6.30. The van der Waals surface area contributed by atoms with Crippen molar-refractivity contribution in [3.05, 3.63) is 34.9 Å². The number of carbonyl (C=O) groups is 1. The first-order valence-corrected chi connectivity index (χ1v) is 7.92. The van der Waals surface area contributed by atoms with E-state index in [1.54, 1.807) is 4.90 Å². The Hall–Kier alpha value is -1.26. The molecule has 0 spiro atoms. The molecule has 1 heterocycles. The molecule has 0 aliphatic carbocycles. The smallest absolute Gasteiger partial charge is 0.409 e. The summed E-state index contributed by atoms with van der Waals surface area (Å²) in [4.78, 5) is 16.0. The van der Waals surface area contributed by atoms with E-state index in [1.165, 1.54) is 5.56 Å². The Morgan fingerprint density at radius 3 is 2.71 bits per heavy atom. The third-order valence-electron chi connectivity index (χ3n) is 3.91. The first-order chi connectivity index (χ1) is 10.1. The lowest BCUT2D eigenvalue weighted by Crippen LogP contribution is -2.38. The molecule has 0 saturated carbocycles. The Balaban J connectivity index is 1.93. The fourth-order valence-electron chi connectivity index (χ4n) is 2.74. The molecule has 1 saturated heterocycles. The second-order valence-electron chi connectivity index (χ2n) is 5.28. The van der Waals surface area contributed by atoms with E-state index in [2.05, 4.69) is 24.0 Å². The summed E-state index contributed by atoms with van der Waals surface area (Å²) in [6.45, 7) is 7.80. The largest absolute Gasteiger partial charge is 0.450 e. The molecule has 21 heavy (non-hydrogen) atoms. The van der Waals surface area contributed by atoms with Crippen LogP contribution in [-0.4, -0.2) is 48.2 Å². The molecular weight excluding hydrogens is 288 g/mol. The van der Waals surface area contributed by atoms with E-state index in [-0.39, 0.29) is 6.09 Å². The van der Waals surface area contributed by atoms with E-state index in [1.807, 2.05) is 19.1 Å². The number of halogens is 1. The lowest BCUT2D eigenvalue weighted by Gasteiger charge is -2.27. The lowest BCUT2D eigenvalue weighted by molar-refractivity contribution is 0.110. The Bertz CT molecular complexity index is 464. The van der Waals surface area contributed by atoms with Crippen LogP contribution in [0, 0.1) is 0 Å². The van der Waals surface area contributed by atoms with Crippen LogP contribution in [0.2, 0.25) is 5.02 Å². The van der Waals surface area contributed by atoms with Gasteiger partial charge in [0.1, 0.15) is 0 Å². The van der Waals surface area contributed by atoms with Gasteiger partial charge in [-0.05, 0) is 37.6 Å². The first-order valence-electron chi connectivity index (χ1n) is 7.54. The molecule has 4 nitrogen and oxygen atoms in total. The van der Waals surface area contributed by atoms with Gasteiger partial charge in [-0.25, -0.2) is 4.79 Å². The van der Waals surface area contributed by atoms with Crippen LogP contribution in [0.25, 0.3) is 0 Å². The summed E-state index contributed by atoms with van der Waals surface area (Å²) in [5.41, 5.74) is 1.25. The minimum Gasteiger partial charge on any atom is -0.450 e. The number of hydrogen-bond donors (Lipinski definition) is 0. The van der Waals surface area contributed by atoms with Gasteiger partial charge in [-0.2, -0.15) is 0 Å². The van der Waals surface area contributed by atoms with Crippen molar-refractivity contribution >= 4 is 17.7 Å². The molecular formula is C16H23ClN2O2. The van der Waals surface area contributed by atoms with Crippen molar-refractivity contribution in [2.75, 3.05) is 26.2 Å². The van der Waals surface area contributed by atoms with Gasteiger partial charge in [-0.3, -0.25) is 4.90 Å². The van der Waals surface area contributed by atoms with Gasteiger partial charge < -0.3 is 9.64 Å². The minimum atomic E-state index is -0.192. The van der Waals surface area contributed by atoms with Gasteiger partial charge in [-0.15, -0.1) is 0 Å². The average molecular weight is 311 g/mol. The van der Waals surface area contributed by atoms with E-state index in [0.717, 1.165) is 37.6 Å². The Kier molecular flexibility index (Phi) is 5.88. The van der Waals surface area contributed by atoms with E-state index in [9.17, 15) is 4.79 Å². The van der Waals surface area contributed by atoms with Crippen molar-refractivity contribution in [1.82, 2.24) is 9.80 Å². The number of hydrogen-bond acceptors (Lipinski definition) is 3. The number of ether oxygens (including phenoxy) is 1. The van der Waals surface area contributed by atoms with Gasteiger partial charge >= 0.3 is 6.09 Å². The topological polar surface area (TPSA) is 32.8 Å². The Morgan fingerprint density at radius 2 is 2.10 bits per heavy atom. The van der Waals surface area contributed by atoms with E-state index >= 15 is 0 Å². The standard InChI is InChI=1S/C16H23ClN2O2/c1-3-18(11-13-5-7-14(17)8-6-13)15-9-10-19(12-15)16(20)21-4-2/h5-8,15H,3-4,9-12H2,1-2H3. The van der Waals surface area contributed by atoms with E-state index in [0.29, 0.717) is 12.6 Å². The molecule has 5 heteroatoms. The molecule has 1 aliphatic heterocycles. The van der Waals surface area contributed by atoms with Gasteiger partial charge in [0, 0.05) is 30.7 Å². The molecule has 1 fully saturated rings. The fourth-order valence-corrected chi connectivity index (χ4v) is 2.87. The number of likely N-dealkylation sites (N-methyl/N-ethyl adjacent to an activating group) is 1. The van der Waals surface area contributed by atoms with Crippen LogP contribution in [0.15, 0.2) is 24.3 Å². The molecule has 0 N–H and O–H groups in total. The maximum atomic E-state index is 11.8. The van der Waals surface area contributed by atoms with E-state index < -0.39 is 0 Å². The fraction of sp³-hybridized carbons (Fsp3) is 0.562. The molecule has 1 atom stereocenters. The molecule has 116 valence electrons. The molecule has 2 rings (SSSR count). The quantitative estimate of drug-likeness (QED) is 0.835. The van der Waals surface area contributed by atoms with Crippen molar-refractivity contribution in [2.45, 2.75) is 32.9 Å². The van der Waals surface area contributed by atoms with Crippen LogP contribution in [0.4, 0.5) is 4.79 Å². The van der Waals surface area contributed by atoms with Gasteiger partial charge in [0.25, 0.3) is 0 Å². The zero-order valence-corrected chi connectivity index (χ0v) is 13.5. The third-order valence-corrected chi connectivity index (χ3v) is 4.16. The molecule has 0 radical (unpaired) electrons. The summed E-state index contributed by atoms with van der Waals surface area (Å²) < 4.78 is 5.07. The van der Waals surface area contributed by atoms with Gasteiger partial charge in [0.15, 0.2) is 0 Å². The van der Waals surface area contributed by atoms with Crippen LogP contribution in [-0.2, 0) is 11.3 Å². The van der Waals surface area contributed by atoms with Crippen molar-refractivity contribution in [3.8, 4) is 0 Å². The Morgan fingerprint density at radius 1 is 1.38 bits per heavy atom. The molecule has 1 unspecified atom stereocenters. The maximum absolute atomic E-state index is 11.8. The van der Waals surface area contributed by atoms with Gasteiger partial charge in [-0.1, -0.05) is 30.7 Å². The van der Waals surface area contributed by atoms with Gasteiger partial charge in [0.05, 0.1) is 6.61 Å². The molecule has 1 aliphatic rings. The Labute approximate surface area is 131 Å². The van der Waals surface area contributed by atoms with Crippen molar-refractivity contribution < 1.29 is 9.53 Å². The van der Waals surface area contributed by atoms with Crippen LogP contribution < -0.4 is 0 Å². The normalized spacial score (nSPS) is 18.3. The number of rotatable bonds is 5. The number of benzene rings is 1. The first kappa shape index (κ1) is 16.1. The number of nitrogens with zero attached hydrogens (tertiary/aromatic N) is 2. The highest BCUT2D eigenvalue weighted by atomic mass is 35.5. The summed E-state index contributed by atoms with van der Waals surface area (Å²) >= 11 is 5.92. The van der Waals surface area contributed by atoms with Gasteiger partial charge in [0.2, 0.25) is 0 Å². The monoisotopic (exact) mass is 310 g/mol. The number of carbonyl (C=O) groups excluding carboxylic acids is 1. The van der Waals surface area contributed by atoms with Crippen molar-refractivity contribution in [3.63, 3.8) is 0 Å². The highest BCUT2D eigenvalue weighted by Gasteiger charge is 2.30.